The van der Waals surface area contributed by atoms with E-state index in [1.807, 2.05) is 26.0 Å². The van der Waals surface area contributed by atoms with Gasteiger partial charge < -0.3 is 24.6 Å². The van der Waals surface area contributed by atoms with Crippen LogP contribution in [-0.4, -0.2) is 54.7 Å². The smallest absolute Gasteiger partial charge is 0.331 e. The zero-order chi connectivity index (χ0) is 22.5. The molecule has 2 aliphatic rings. The van der Waals surface area contributed by atoms with Crippen LogP contribution in [0, 0.1) is 13.8 Å². The minimum Gasteiger partial charge on any atom is -0.464 e. The molecule has 2 N–H and O–H groups in total. The average molecular weight is 454 g/mol. The number of rotatable bonds is 7. The number of nitrogens with one attached hydrogen (secondary N) is 1. The summed E-state index contributed by atoms with van der Waals surface area (Å²) in [6.45, 7) is 5.16. The van der Waals surface area contributed by atoms with E-state index in [0.717, 1.165) is 23.1 Å². The number of carbonyl (C=O) groups is 2. The highest BCUT2D eigenvalue weighted by Crippen LogP contribution is 2.40. The molecule has 1 spiro atoms. The van der Waals surface area contributed by atoms with Crippen molar-refractivity contribution in [2.45, 2.75) is 70.1 Å². The summed E-state index contributed by atoms with van der Waals surface area (Å²) in [5.74, 6) is -1.39. The molecule has 0 radical (unpaired) electrons. The molecule has 7 nitrogen and oxygen atoms in total. The molecule has 1 saturated carbocycles. The number of aliphatic hydroxyl groups is 1. The lowest BCUT2D eigenvalue weighted by Crippen LogP contribution is -2.60. The van der Waals surface area contributed by atoms with E-state index in [4.69, 9.17) is 30.9 Å². The molecule has 1 amide bonds. The summed E-state index contributed by atoms with van der Waals surface area (Å²) in [5, 5.41) is 12.6. The van der Waals surface area contributed by atoms with Crippen LogP contribution >= 0.6 is 11.6 Å². The highest BCUT2D eigenvalue weighted by Gasteiger charge is 2.50. The van der Waals surface area contributed by atoms with Gasteiger partial charge >= 0.3 is 5.97 Å². The largest absolute Gasteiger partial charge is 0.464 e. The van der Waals surface area contributed by atoms with Crippen LogP contribution < -0.4 is 5.32 Å². The van der Waals surface area contributed by atoms with Gasteiger partial charge in [0.25, 0.3) is 0 Å². The Morgan fingerprint density at radius 3 is 2.32 bits per heavy atom. The van der Waals surface area contributed by atoms with Crippen LogP contribution in [0.25, 0.3) is 0 Å². The summed E-state index contributed by atoms with van der Waals surface area (Å²) in [4.78, 5) is 26.0. The zero-order valence-electron chi connectivity index (χ0n) is 18.3. The summed E-state index contributed by atoms with van der Waals surface area (Å²) in [6, 6.07) is 3.66. The molecule has 3 rings (SSSR count). The lowest BCUT2D eigenvalue weighted by molar-refractivity contribution is -0.284. The van der Waals surface area contributed by atoms with Crippen molar-refractivity contribution < 1.29 is 28.9 Å². The van der Waals surface area contributed by atoms with Gasteiger partial charge in [0.05, 0.1) is 26.2 Å². The monoisotopic (exact) mass is 453 g/mol. The quantitative estimate of drug-likeness (QED) is 0.487. The minimum absolute atomic E-state index is 0.0629. The van der Waals surface area contributed by atoms with E-state index >= 15 is 0 Å². The Kier molecular flexibility index (Phi) is 7.97. The molecule has 1 aromatic carbocycles. The van der Waals surface area contributed by atoms with Gasteiger partial charge in [-0.15, -0.1) is 0 Å². The number of benzene rings is 1. The molecule has 8 heteroatoms. The molecule has 1 heterocycles. The number of ether oxygens (including phenoxy) is 3. The van der Waals surface area contributed by atoms with Crippen molar-refractivity contribution in [3.63, 3.8) is 0 Å². The first-order valence-corrected chi connectivity index (χ1v) is 11.3. The minimum atomic E-state index is -1.13. The van der Waals surface area contributed by atoms with Crippen LogP contribution in [0.15, 0.2) is 12.1 Å². The highest BCUT2D eigenvalue weighted by molar-refractivity contribution is 6.30. The number of carbonyl (C=O) groups excluding carboxylic acids is 2. The maximum Gasteiger partial charge on any atom is 0.331 e. The molecule has 1 aromatic rings. The molecule has 0 bridgehead atoms. The Balaban J connectivity index is 1.74. The summed E-state index contributed by atoms with van der Waals surface area (Å²) in [5.41, 5.74) is 1.64. The van der Waals surface area contributed by atoms with Gasteiger partial charge in [0.2, 0.25) is 5.91 Å². The van der Waals surface area contributed by atoms with Gasteiger partial charge in [0, 0.05) is 30.9 Å². The van der Waals surface area contributed by atoms with E-state index in [1.165, 1.54) is 0 Å². The van der Waals surface area contributed by atoms with Crippen molar-refractivity contribution in [2.24, 2.45) is 0 Å². The Hall–Kier alpha value is -1.67. The van der Waals surface area contributed by atoms with Gasteiger partial charge in [-0.1, -0.05) is 11.6 Å². The fraction of sp³-hybridized carbons (Fsp3) is 0.652. The van der Waals surface area contributed by atoms with Crippen LogP contribution in [0.1, 0.15) is 55.2 Å². The Labute approximate surface area is 188 Å². The standard InChI is InChI=1S/C23H32ClNO6/c1-16-13-18(24)14-17(2)19(16)15-20(27)25-22(21(28)29-10-3-9-26)5-7-23(8-6-22)30-11-4-12-31-23/h13-14,26H,3-12,15H2,1-2H3,(H,25,27). The summed E-state index contributed by atoms with van der Waals surface area (Å²) in [6.07, 6.45) is 3.10. The Bertz CT molecular complexity index is 772. The van der Waals surface area contributed by atoms with Crippen molar-refractivity contribution in [1.82, 2.24) is 5.32 Å². The number of aryl methyl sites for hydroxylation is 2. The number of esters is 1. The third-order valence-corrected chi connectivity index (χ3v) is 6.41. The van der Waals surface area contributed by atoms with E-state index in [1.54, 1.807) is 0 Å². The number of aliphatic hydroxyl groups excluding tert-OH is 1. The summed E-state index contributed by atoms with van der Waals surface area (Å²) < 4.78 is 17.2. The first-order chi connectivity index (χ1) is 14.8. The first kappa shape index (κ1) is 24.0. The predicted molar refractivity (Wildman–Crippen MR) is 116 cm³/mol. The summed E-state index contributed by atoms with van der Waals surface area (Å²) in [7, 11) is 0. The third kappa shape index (κ3) is 5.77. The van der Waals surface area contributed by atoms with Crippen LogP contribution in [0.4, 0.5) is 0 Å². The average Bonchev–Trinajstić information content (AvgIpc) is 2.73. The molecule has 1 saturated heterocycles. The van der Waals surface area contributed by atoms with E-state index < -0.39 is 17.3 Å². The van der Waals surface area contributed by atoms with Crippen LogP contribution in [0.2, 0.25) is 5.02 Å². The zero-order valence-corrected chi connectivity index (χ0v) is 19.1. The van der Waals surface area contributed by atoms with Crippen LogP contribution in [0.3, 0.4) is 0 Å². The van der Waals surface area contributed by atoms with Crippen LogP contribution in [0.5, 0.6) is 0 Å². The number of hydrogen-bond acceptors (Lipinski definition) is 6. The van der Waals surface area contributed by atoms with Gasteiger partial charge in [-0.3, -0.25) is 4.79 Å². The normalized spacial score (nSPS) is 19.7. The lowest BCUT2D eigenvalue weighted by atomic mass is 9.78. The van der Waals surface area contributed by atoms with Crippen molar-refractivity contribution in [2.75, 3.05) is 26.4 Å². The number of hydrogen-bond donors (Lipinski definition) is 2. The number of amides is 1. The SMILES string of the molecule is Cc1cc(Cl)cc(C)c1CC(=O)NC1(C(=O)OCCCO)CCC2(CC1)OCCCO2. The van der Waals surface area contributed by atoms with Gasteiger partial charge in [0.15, 0.2) is 5.79 Å². The Morgan fingerprint density at radius 2 is 1.74 bits per heavy atom. The highest BCUT2D eigenvalue weighted by atomic mass is 35.5. The van der Waals surface area contributed by atoms with Crippen molar-refractivity contribution in [1.29, 1.82) is 0 Å². The van der Waals surface area contributed by atoms with Gasteiger partial charge in [-0.25, -0.2) is 4.79 Å². The second-order valence-corrected chi connectivity index (χ2v) is 8.94. The second kappa shape index (κ2) is 10.3. The van der Waals surface area contributed by atoms with Gasteiger partial charge in [-0.05, 0) is 61.9 Å². The predicted octanol–water partition coefficient (Wildman–Crippen LogP) is 2.99. The second-order valence-electron chi connectivity index (χ2n) is 8.50. The van der Waals surface area contributed by atoms with Gasteiger partial charge in [-0.2, -0.15) is 0 Å². The van der Waals surface area contributed by atoms with Gasteiger partial charge in [0.1, 0.15) is 5.54 Å². The Morgan fingerprint density at radius 1 is 1.13 bits per heavy atom. The molecule has 0 unspecified atom stereocenters. The van der Waals surface area contributed by atoms with E-state index in [2.05, 4.69) is 5.32 Å². The number of halogens is 1. The summed E-state index contributed by atoms with van der Waals surface area (Å²) >= 11 is 6.11. The van der Waals surface area contributed by atoms with E-state index in [-0.39, 0.29) is 25.5 Å². The van der Waals surface area contributed by atoms with Crippen molar-refractivity contribution >= 4 is 23.5 Å². The molecule has 172 valence electrons. The fourth-order valence-electron chi connectivity index (χ4n) is 4.40. The van der Waals surface area contributed by atoms with E-state index in [9.17, 15) is 9.59 Å². The molecular formula is C23H32ClNO6. The topological polar surface area (TPSA) is 94.1 Å². The van der Waals surface area contributed by atoms with E-state index in [0.29, 0.717) is 50.3 Å². The molecule has 1 aliphatic carbocycles. The molecule has 1 aliphatic heterocycles. The maximum absolute atomic E-state index is 13.0. The van der Waals surface area contributed by atoms with Crippen molar-refractivity contribution in [3.05, 3.63) is 33.8 Å². The molecular weight excluding hydrogens is 422 g/mol. The van der Waals surface area contributed by atoms with Crippen LogP contribution in [-0.2, 0) is 30.2 Å². The first-order valence-electron chi connectivity index (χ1n) is 10.9. The fourth-order valence-corrected chi connectivity index (χ4v) is 4.73. The lowest BCUT2D eigenvalue weighted by Gasteiger charge is -2.46. The molecule has 31 heavy (non-hydrogen) atoms. The van der Waals surface area contributed by atoms with Crippen molar-refractivity contribution in [3.8, 4) is 0 Å². The maximum atomic E-state index is 13.0. The molecule has 2 fully saturated rings. The molecule has 0 aromatic heterocycles. The third-order valence-electron chi connectivity index (χ3n) is 6.19. The molecule has 0 atom stereocenters.